The topological polar surface area (TPSA) is 95.7 Å². The molecule has 0 bridgehead atoms. The molecule has 116 valence electrons. The Kier molecular flexibility index (Phi) is 6.10. The lowest BCUT2D eigenvalue weighted by Crippen LogP contribution is -2.31. The maximum absolute atomic E-state index is 12.0. The molecule has 0 unspecified atom stereocenters. The fraction of sp³-hybridized carbons (Fsp3) is 0.500. The Bertz CT molecular complexity index is 517. The Hall–Kier alpha value is -2.15. The van der Waals surface area contributed by atoms with Crippen LogP contribution in [0.5, 0.6) is 5.75 Å². The summed E-state index contributed by atoms with van der Waals surface area (Å²) in [7, 11) is 1.99. The minimum Gasteiger partial charge on any atom is -0.508 e. The summed E-state index contributed by atoms with van der Waals surface area (Å²) < 4.78 is 0. The van der Waals surface area contributed by atoms with Crippen LogP contribution < -0.4 is 5.32 Å². The summed E-state index contributed by atoms with van der Waals surface area (Å²) in [6.07, 6.45) is 0.743. The molecular formula is C14H21N3O4. The van der Waals surface area contributed by atoms with Crippen LogP contribution >= 0.6 is 0 Å². The van der Waals surface area contributed by atoms with Gasteiger partial charge in [-0.1, -0.05) is 0 Å². The van der Waals surface area contributed by atoms with Crippen LogP contribution in [0.25, 0.3) is 0 Å². The summed E-state index contributed by atoms with van der Waals surface area (Å²) in [5.41, 5.74) is -0.443. The van der Waals surface area contributed by atoms with E-state index in [9.17, 15) is 20.0 Å². The van der Waals surface area contributed by atoms with E-state index in [0.29, 0.717) is 12.6 Å². The van der Waals surface area contributed by atoms with Gasteiger partial charge in [0, 0.05) is 18.7 Å². The number of nitrogens with one attached hydrogen (secondary N) is 1. The van der Waals surface area contributed by atoms with Crippen LogP contribution in [-0.2, 0) is 0 Å². The fourth-order valence-electron chi connectivity index (χ4n) is 1.75. The van der Waals surface area contributed by atoms with Crippen molar-refractivity contribution < 1.29 is 14.8 Å². The van der Waals surface area contributed by atoms with E-state index in [1.165, 1.54) is 6.07 Å². The molecule has 7 heteroatoms. The Balaban J connectivity index is 2.60. The molecule has 1 amide bonds. The van der Waals surface area contributed by atoms with E-state index < -0.39 is 10.8 Å². The van der Waals surface area contributed by atoms with Crippen LogP contribution in [0, 0.1) is 10.1 Å². The smallest absolute Gasteiger partial charge is 0.282 e. The number of phenols is 1. The number of hydrogen-bond donors (Lipinski definition) is 2. The molecular weight excluding hydrogens is 274 g/mol. The van der Waals surface area contributed by atoms with Crippen molar-refractivity contribution in [2.75, 3.05) is 20.1 Å². The predicted molar refractivity (Wildman–Crippen MR) is 79.5 cm³/mol. The molecule has 0 aliphatic heterocycles. The molecule has 0 spiro atoms. The first-order valence-corrected chi connectivity index (χ1v) is 6.78. The van der Waals surface area contributed by atoms with E-state index in [4.69, 9.17) is 0 Å². The van der Waals surface area contributed by atoms with Gasteiger partial charge in [0.1, 0.15) is 11.3 Å². The van der Waals surface area contributed by atoms with Crippen LogP contribution in [0.15, 0.2) is 18.2 Å². The van der Waals surface area contributed by atoms with Gasteiger partial charge in [0.25, 0.3) is 11.6 Å². The molecule has 0 aliphatic carbocycles. The van der Waals surface area contributed by atoms with Crippen LogP contribution in [-0.4, -0.2) is 47.0 Å². The SMILES string of the molecule is CC(C)N(C)CCCNC(=O)c1cc(O)ccc1[N+](=O)[O-]. The van der Waals surface area contributed by atoms with Crippen molar-refractivity contribution >= 4 is 11.6 Å². The lowest BCUT2D eigenvalue weighted by molar-refractivity contribution is -0.385. The van der Waals surface area contributed by atoms with Crippen molar-refractivity contribution in [2.45, 2.75) is 26.3 Å². The molecule has 2 N–H and O–H groups in total. The molecule has 0 saturated carbocycles. The lowest BCUT2D eigenvalue weighted by Gasteiger charge is -2.20. The number of nitrogens with zero attached hydrogens (tertiary/aromatic N) is 2. The second kappa shape index (κ2) is 7.58. The molecule has 0 fully saturated rings. The third-order valence-corrected chi connectivity index (χ3v) is 3.28. The molecule has 0 saturated heterocycles. The van der Waals surface area contributed by atoms with E-state index in [-0.39, 0.29) is 17.0 Å². The normalized spacial score (nSPS) is 10.9. The Morgan fingerprint density at radius 3 is 2.71 bits per heavy atom. The first-order valence-electron chi connectivity index (χ1n) is 6.78. The van der Waals surface area contributed by atoms with Crippen molar-refractivity contribution in [1.82, 2.24) is 10.2 Å². The minimum atomic E-state index is -0.638. The van der Waals surface area contributed by atoms with E-state index in [0.717, 1.165) is 25.1 Å². The average molecular weight is 295 g/mol. The van der Waals surface area contributed by atoms with Gasteiger partial charge in [0.15, 0.2) is 0 Å². The van der Waals surface area contributed by atoms with Crippen LogP contribution in [0.4, 0.5) is 5.69 Å². The van der Waals surface area contributed by atoms with E-state index in [1.54, 1.807) is 0 Å². The van der Waals surface area contributed by atoms with Crippen molar-refractivity contribution in [2.24, 2.45) is 0 Å². The average Bonchev–Trinajstić information content (AvgIpc) is 2.42. The summed E-state index contributed by atoms with van der Waals surface area (Å²) in [4.78, 5) is 24.3. The molecule has 0 atom stereocenters. The number of aromatic hydroxyl groups is 1. The molecule has 7 nitrogen and oxygen atoms in total. The van der Waals surface area contributed by atoms with Crippen LogP contribution in [0.3, 0.4) is 0 Å². The highest BCUT2D eigenvalue weighted by Crippen LogP contribution is 2.23. The molecule has 0 radical (unpaired) electrons. The number of nitro groups is 1. The number of carbonyl (C=O) groups is 1. The summed E-state index contributed by atoms with van der Waals surface area (Å²) in [6, 6.07) is 3.84. The molecule has 21 heavy (non-hydrogen) atoms. The second-order valence-corrected chi connectivity index (χ2v) is 5.14. The van der Waals surface area contributed by atoms with Crippen molar-refractivity contribution in [3.8, 4) is 5.75 Å². The molecule has 1 rings (SSSR count). The fourth-order valence-corrected chi connectivity index (χ4v) is 1.75. The van der Waals surface area contributed by atoms with Gasteiger partial charge in [-0.3, -0.25) is 14.9 Å². The van der Waals surface area contributed by atoms with Gasteiger partial charge in [-0.15, -0.1) is 0 Å². The predicted octanol–water partition coefficient (Wildman–Crippen LogP) is 1.76. The van der Waals surface area contributed by atoms with Gasteiger partial charge in [0.2, 0.25) is 0 Å². The number of benzene rings is 1. The van der Waals surface area contributed by atoms with Crippen molar-refractivity contribution in [3.63, 3.8) is 0 Å². The minimum absolute atomic E-state index is 0.128. The summed E-state index contributed by atoms with van der Waals surface area (Å²) in [6.45, 7) is 5.39. The maximum atomic E-state index is 12.0. The first kappa shape index (κ1) is 16.9. The standard InChI is InChI=1S/C14H21N3O4/c1-10(2)16(3)8-4-7-15-14(19)12-9-11(18)5-6-13(12)17(20)21/h5-6,9-10,18H,4,7-8H2,1-3H3,(H,15,19). The quantitative estimate of drug-likeness (QED) is 0.454. The highest BCUT2D eigenvalue weighted by molar-refractivity contribution is 5.98. The number of nitro benzene ring substituents is 1. The molecule has 0 heterocycles. The molecule has 0 aliphatic rings. The summed E-state index contributed by atoms with van der Waals surface area (Å²) in [5, 5.41) is 22.9. The highest BCUT2D eigenvalue weighted by atomic mass is 16.6. The van der Waals surface area contributed by atoms with Crippen molar-refractivity contribution in [3.05, 3.63) is 33.9 Å². The molecule has 1 aromatic rings. The third-order valence-electron chi connectivity index (χ3n) is 3.28. The summed E-state index contributed by atoms with van der Waals surface area (Å²) >= 11 is 0. The van der Waals surface area contributed by atoms with Gasteiger partial charge in [-0.25, -0.2) is 0 Å². The van der Waals surface area contributed by atoms with Gasteiger partial charge in [-0.05, 0) is 46.0 Å². The first-order chi connectivity index (χ1) is 9.82. The Morgan fingerprint density at radius 1 is 1.48 bits per heavy atom. The largest absolute Gasteiger partial charge is 0.508 e. The van der Waals surface area contributed by atoms with Gasteiger partial charge < -0.3 is 15.3 Å². The zero-order valence-electron chi connectivity index (χ0n) is 12.5. The Labute approximate surface area is 123 Å². The number of hydrogen-bond acceptors (Lipinski definition) is 5. The van der Waals surface area contributed by atoms with Crippen LogP contribution in [0.2, 0.25) is 0 Å². The Morgan fingerprint density at radius 2 is 2.14 bits per heavy atom. The maximum Gasteiger partial charge on any atom is 0.282 e. The number of amides is 1. The van der Waals surface area contributed by atoms with Crippen molar-refractivity contribution in [1.29, 1.82) is 0 Å². The van der Waals surface area contributed by atoms with E-state index in [1.807, 2.05) is 7.05 Å². The number of carbonyl (C=O) groups excluding carboxylic acids is 1. The van der Waals surface area contributed by atoms with Gasteiger partial charge in [-0.2, -0.15) is 0 Å². The summed E-state index contributed by atoms with van der Waals surface area (Å²) in [5.74, 6) is -0.727. The zero-order chi connectivity index (χ0) is 16.0. The van der Waals surface area contributed by atoms with E-state index in [2.05, 4.69) is 24.1 Å². The molecule has 1 aromatic carbocycles. The van der Waals surface area contributed by atoms with E-state index >= 15 is 0 Å². The lowest BCUT2D eigenvalue weighted by atomic mass is 10.1. The third kappa shape index (κ3) is 5.03. The van der Waals surface area contributed by atoms with Crippen LogP contribution in [0.1, 0.15) is 30.6 Å². The monoisotopic (exact) mass is 295 g/mol. The van der Waals surface area contributed by atoms with Gasteiger partial charge in [0.05, 0.1) is 4.92 Å². The highest BCUT2D eigenvalue weighted by Gasteiger charge is 2.20. The zero-order valence-corrected chi connectivity index (χ0v) is 12.5. The molecule has 0 aromatic heterocycles. The number of rotatable bonds is 7. The number of phenolic OH excluding ortho intramolecular Hbond substituents is 1. The van der Waals surface area contributed by atoms with Gasteiger partial charge >= 0.3 is 0 Å². The second-order valence-electron chi connectivity index (χ2n) is 5.14.